The van der Waals surface area contributed by atoms with Crippen molar-refractivity contribution >= 4 is 21.4 Å². The molecule has 0 atom stereocenters. The summed E-state index contributed by atoms with van der Waals surface area (Å²) in [5.41, 5.74) is 1.21. The van der Waals surface area contributed by atoms with E-state index in [9.17, 15) is 8.42 Å². The zero-order valence-electron chi connectivity index (χ0n) is 12.5. The van der Waals surface area contributed by atoms with E-state index in [1.54, 1.807) is 22.8 Å². The van der Waals surface area contributed by atoms with Gasteiger partial charge in [0.05, 0.1) is 0 Å². The summed E-state index contributed by atoms with van der Waals surface area (Å²) >= 11 is 1.34. The molecular formula is C15H19N3O2S2. The van der Waals surface area contributed by atoms with Crippen molar-refractivity contribution < 1.29 is 8.42 Å². The standard InChI is InChI=1S/C15H19N3O2S2/c1-13-2-3-15(21-13)22(19,20)18-10-8-17(9-11-18)12-14-4-6-16-7-5-14/h2-7H,8-12H2,1H3. The molecule has 2 aromatic heterocycles. The summed E-state index contributed by atoms with van der Waals surface area (Å²) in [4.78, 5) is 7.32. The van der Waals surface area contributed by atoms with Crippen molar-refractivity contribution in [3.63, 3.8) is 0 Å². The fraction of sp³-hybridized carbons (Fsp3) is 0.400. The molecule has 118 valence electrons. The minimum Gasteiger partial charge on any atom is -0.296 e. The lowest BCUT2D eigenvalue weighted by Gasteiger charge is -2.33. The second kappa shape index (κ2) is 6.45. The molecule has 0 aliphatic carbocycles. The summed E-state index contributed by atoms with van der Waals surface area (Å²) in [7, 11) is -3.32. The molecule has 1 aliphatic heterocycles. The predicted octanol–water partition coefficient (Wildman–Crippen LogP) is 1.96. The number of nitrogens with zero attached hydrogens (tertiary/aromatic N) is 3. The first-order chi connectivity index (χ1) is 10.6. The van der Waals surface area contributed by atoms with Crippen LogP contribution >= 0.6 is 11.3 Å². The molecule has 0 N–H and O–H groups in total. The number of aromatic nitrogens is 1. The highest BCUT2D eigenvalue weighted by molar-refractivity contribution is 7.91. The summed E-state index contributed by atoms with van der Waals surface area (Å²) in [5, 5.41) is 0. The largest absolute Gasteiger partial charge is 0.296 e. The van der Waals surface area contributed by atoms with Crippen LogP contribution in [-0.2, 0) is 16.6 Å². The second-order valence-corrected chi connectivity index (χ2v) is 8.85. The molecular weight excluding hydrogens is 318 g/mol. The van der Waals surface area contributed by atoms with E-state index in [2.05, 4.69) is 9.88 Å². The molecule has 1 fully saturated rings. The summed E-state index contributed by atoms with van der Waals surface area (Å²) in [5.74, 6) is 0. The van der Waals surface area contributed by atoms with Gasteiger partial charge in [0, 0.05) is 50.0 Å². The maximum Gasteiger partial charge on any atom is 0.252 e. The van der Waals surface area contributed by atoms with Gasteiger partial charge < -0.3 is 0 Å². The number of hydrogen-bond donors (Lipinski definition) is 0. The van der Waals surface area contributed by atoms with Gasteiger partial charge in [0.1, 0.15) is 4.21 Å². The first-order valence-corrected chi connectivity index (χ1v) is 9.49. The lowest BCUT2D eigenvalue weighted by molar-refractivity contribution is 0.181. The molecule has 0 aromatic carbocycles. The first kappa shape index (κ1) is 15.6. The molecule has 0 bridgehead atoms. The van der Waals surface area contributed by atoms with Crippen molar-refractivity contribution in [3.8, 4) is 0 Å². The first-order valence-electron chi connectivity index (χ1n) is 7.23. The molecule has 0 spiro atoms. The molecule has 3 heterocycles. The molecule has 1 saturated heterocycles. The molecule has 7 heteroatoms. The van der Waals surface area contributed by atoms with Gasteiger partial charge in [-0.15, -0.1) is 11.3 Å². The van der Waals surface area contributed by atoms with Crippen LogP contribution in [0.5, 0.6) is 0 Å². The Morgan fingerprint density at radius 2 is 1.77 bits per heavy atom. The van der Waals surface area contributed by atoms with Crippen LogP contribution in [0.2, 0.25) is 0 Å². The number of rotatable bonds is 4. The zero-order chi connectivity index (χ0) is 15.6. The zero-order valence-corrected chi connectivity index (χ0v) is 14.1. The van der Waals surface area contributed by atoms with Crippen molar-refractivity contribution in [3.05, 3.63) is 47.1 Å². The van der Waals surface area contributed by atoms with Crippen LogP contribution in [0.25, 0.3) is 0 Å². The molecule has 0 unspecified atom stereocenters. The monoisotopic (exact) mass is 337 g/mol. The third-order valence-corrected chi connectivity index (χ3v) is 7.16. The smallest absolute Gasteiger partial charge is 0.252 e. The fourth-order valence-electron chi connectivity index (χ4n) is 2.55. The van der Waals surface area contributed by atoms with Crippen LogP contribution < -0.4 is 0 Å². The quantitative estimate of drug-likeness (QED) is 0.856. The van der Waals surface area contributed by atoms with Crippen LogP contribution in [0.1, 0.15) is 10.4 Å². The topological polar surface area (TPSA) is 53.5 Å². The SMILES string of the molecule is Cc1ccc(S(=O)(=O)N2CCN(Cc3ccncc3)CC2)s1. The van der Waals surface area contributed by atoms with E-state index in [4.69, 9.17) is 0 Å². The minimum absolute atomic E-state index is 0.451. The Kier molecular flexibility index (Phi) is 4.58. The van der Waals surface area contributed by atoms with E-state index in [0.29, 0.717) is 17.3 Å². The third-order valence-electron chi connectivity index (χ3n) is 3.80. The normalized spacial score (nSPS) is 17.7. The van der Waals surface area contributed by atoms with Crippen LogP contribution in [0.4, 0.5) is 0 Å². The van der Waals surface area contributed by atoms with Crippen LogP contribution in [0, 0.1) is 6.92 Å². The second-order valence-electron chi connectivity index (χ2n) is 5.40. The molecule has 0 amide bonds. The maximum absolute atomic E-state index is 12.6. The van der Waals surface area contributed by atoms with Gasteiger partial charge >= 0.3 is 0 Å². The minimum atomic E-state index is -3.32. The lowest BCUT2D eigenvalue weighted by Crippen LogP contribution is -2.48. The molecule has 0 saturated carbocycles. The number of sulfonamides is 1. The number of pyridine rings is 1. The van der Waals surface area contributed by atoms with Crippen molar-refractivity contribution in [2.24, 2.45) is 0 Å². The summed E-state index contributed by atoms with van der Waals surface area (Å²) in [6.45, 7) is 5.37. The van der Waals surface area contributed by atoms with E-state index in [0.717, 1.165) is 24.5 Å². The maximum atomic E-state index is 12.6. The molecule has 5 nitrogen and oxygen atoms in total. The third kappa shape index (κ3) is 3.38. The Morgan fingerprint density at radius 1 is 1.09 bits per heavy atom. The Hall–Kier alpha value is -1.28. The predicted molar refractivity (Wildman–Crippen MR) is 87.3 cm³/mol. The number of thiophene rings is 1. The van der Waals surface area contributed by atoms with Gasteiger partial charge in [0.2, 0.25) is 0 Å². The van der Waals surface area contributed by atoms with E-state index < -0.39 is 10.0 Å². The Labute approximate surface area is 135 Å². The van der Waals surface area contributed by atoms with Gasteiger partial charge in [0.25, 0.3) is 10.0 Å². The van der Waals surface area contributed by atoms with Gasteiger partial charge in [-0.05, 0) is 36.8 Å². The van der Waals surface area contributed by atoms with E-state index in [-0.39, 0.29) is 0 Å². The number of hydrogen-bond acceptors (Lipinski definition) is 5. The fourth-order valence-corrected chi connectivity index (χ4v) is 5.41. The highest BCUT2D eigenvalue weighted by atomic mass is 32.2. The van der Waals surface area contributed by atoms with Crippen LogP contribution in [-0.4, -0.2) is 48.8 Å². The Balaban J connectivity index is 1.62. The summed E-state index contributed by atoms with van der Waals surface area (Å²) < 4.78 is 27.2. The molecule has 1 aliphatic rings. The van der Waals surface area contributed by atoms with Gasteiger partial charge in [0.15, 0.2) is 0 Å². The lowest BCUT2D eigenvalue weighted by atomic mass is 10.2. The average Bonchev–Trinajstić information content (AvgIpc) is 2.96. The molecule has 2 aromatic rings. The summed E-state index contributed by atoms with van der Waals surface area (Å²) in [6, 6.07) is 7.56. The van der Waals surface area contributed by atoms with Gasteiger partial charge in [-0.3, -0.25) is 9.88 Å². The number of piperazine rings is 1. The molecule has 0 radical (unpaired) electrons. The van der Waals surface area contributed by atoms with Gasteiger partial charge in [-0.25, -0.2) is 8.42 Å². The molecule has 22 heavy (non-hydrogen) atoms. The number of aryl methyl sites for hydroxylation is 1. The van der Waals surface area contributed by atoms with Gasteiger partial charge in [-0.1, -0.05) is 0 Å². The molecule has 3 rings (SSSR count). The highest BCUT2D eigenvalue weighted by Gasteiger charge is 2.29. The van der Waals surface area contributed by atoms with E-state index in [1.165, 1.54) is 16.9 Å². The highest BCUT2D eigenvalue weighted by Crippen LogP contribution is 2.25. The summed E-state index contributed by atoms with van der Waals surface area (Å²) in [6.07, 6.45) is 3.57. The van der Waals surface area contributed by atoms with E-state index >= 15 is 0 Å². The van der Waals surface area contributed by atoms with E-state index in [1.807, 2.05) is 25.1 Å². The van der Waals surface area contributed by atoms with Gasteiger partial charge in [-0.2, -0.15) is 4.31 Å². The Bertz CT molecular complexity index is 720. The van der Waals surface area contributed by atoms with Crippen LogP contribution in [0.3, 0.4) is 0 Å². The van der Waals surface area contributed by atoms with Crippen molar-refractivity contribution in [2.75, 3.05) is 26.2 Å². The average molecular weight is 337 g/mol. The van der Waals surface area contributed by atoms with Crippen LogP contribution in [0.15, 0.2) is 40.9 Å². The van der Waals surface area contributed by atoms with Crippen molar-refractivity contribution in [2.45, 2.75) is 17.7 Å². The Morgan fingerprint density at radius 3 is 2.36 bits per heavy atom. The van der Waals surface area contributed by atoms with Crippen molar-refractivity contribution in [1.82, 2.24) is 14.2 Å². The van der Waals surface area contributed by atoms with Crippen molar-refractivity contribution in [1.29, 1.82) is 0 Å².